The van der Waals surface area contributed by atoms with Crippen LogP contribution in [-0.4, -0.2) is 22.6 Å². The number of carbonyl (C=O) groups excluding carboxylic acids is 1. The van der Waals surface area contributed by atoms with Gasteiger partial charge in [-0.15, -0.1) is 0 Å². The smallest absolute Gasteiger partial charge is 0.330 e. The molecule has 0 saturated carbocycles. The molecule has 0 atom stereocenters. The molecule has 0 aliphatic rings. The zero-order valence-electron chi connectivity index (χ0n) is 7.42. The monoisotopic (exact) mass is 159 g/mol. The molecule has 0 unspecified atom stereocenters. The molecular formula is C7H15N2O2+. The van der Waals surface area contributed by atoms with Gasteiger partial charge >= 0.3 is 6.09 Å². The van der Waals surface area contributed by atoms with E-state index in [0.717, 1.165) is 5.71 Å². The van der Waals surface area contributed by atoms with Crippen molar-refractivity contribution in [2.45, 2.75) is 33.7 Å². The van der Waals surface area contributed by atoms with E-state index >= 15 is 0 Å². The summed E-state index contributed by atoms with van der Waals surface area (Å²) in [6.07, 6.45) is -0.778. The lowest BCUT2D eigenvalue weighted by Gasteiger charge is -2.03. The predicted molar refractivity (Wildman–Crippen MR) is 42.4 cm³/mol. The van der Waals surface area contributed by atoms with Gasteiger partial charge in [0.2, 0.25) is 0 Å². The first-order valence-corrected chi connectivity index (χ1v) is 3.52. The molecule has 0 aliphatic heterocycles. The van der Waals surface area contributed by atoms with Gasteiger partial charge in [-0.1, -0.05) is 0 Å². The molecular weight excluding hydrogens is 144 g/mol. The van der Waals surface area contributed by atoms with Gasteiger partial charge in [0.1, 0.15) is 0 Å². The molecule has 0 aromatic heterocycles. The summed E-state index contributed by atoms with van der Waals surface area (Å²) >= 11 is 0. The second-order valence-electron chi connectivity index (χ2n) is 2.78. The molecule has 0 saturated heterocycles. The molecule has 4 nitrogen and oxygen atoms in total. The van der Waals surface area contributed by atoms with Crippen molar-refractivity contribution < 1.29 is 14.4 Å². The van der Waals surface area contributed by atoms with Crippen LogP contribution in [0.15, 0.2) is 0 Å². The van der Waals surface area contributed by atoms with E-state index in [1.54, 1.807) is 0 Å². The summed E-state index contributed by atoms with van der Waals surface area (Å²) in [6, 6.07) is 0.118. The Balaban J connectivity index is 4.38. The first-order chi connectivity index (χ1) is 4.95. The Bertz CT molecular complexity index is 181. The number of primary amides is 1. The van der Waals surface area contributed by atoms with Crippen molar-refractivity contribution in [2.75, 3.05) is 0 Å². The summed E-state index contributed by atoms with van der Waals surface area (Å²) in [4.78, 5) is 15.1. The molecule has 0 rings (SSSR count). The molecule has 0 aromatic carbocycles. The van der Waals surface area contributed by atoms with E-state index in [9.17, 15) is 4.79 Å². The highest BCUT2D eigenvalue weighted by Crippen LogP contribution is 1.92. The van der Waals surface area contributed by atoms with Crippen LogP contribution in [0.1, 0.15) is 27.7 Å². The van der Waals surface area contributed by atoms with Crippen molar-refractivity contribution >= 4 is 11.8 Å². The average Bonchev–Trinajstić information content (AvgIpc) is 1.81. The van der Waals surface area contributed by atoms with Gasteiger partial charge in [-0.25, -0.2) is 4.79 Å². The highest BCUT2D eigenvalue weighted by atomic mass is 16.7. The second-order valence-corrected chi connectivity index (χ2v) is 2.78. The number of hydrogen-bond donors (Lipinski definition) is 1. The molecule has 64 valence electrons. The average molecular weight is 159 g/mol. The number of carbonyl (C=O) groups is 1. The predicted octanol–water partition coefficient (Wildman–Crippen LogP) is 0.898. The van der Waals surface area contributed by atoms with E-state index < -0.39 is 6.09 Å². The van der Waals surface area contributed by atoms with Crippen molar-refractivity contribution in [3.8, 4) is 0 Å². The quantitative estimate of drug-likeness (QED) is 0.281. The Morgan fingerprint density at radius 3 is 2.00 bits per heavy atom. The zero-order chi connectivity index (χ0) is 9.02. The third-order valence-corrected chi connectivity index (χ3v) is 1.10. The molecule has 0 bridgehead atoms. The summed E-state index contributed by atoms with van der Waals surface area (Å²) in [5.74, 6) is 0. The largest absolute Gasteiger partial charge is 0.472 e. The third-order valence-electron chi connectivity index (χ3n) is 1.10. The van der Waals surface area contributed by atoms with Crippen LogP contribution in [-0.2, 0) is 4.84 Å². The van der Waals surface area contributed by atoms with Gasteiger partial charge in [0.25, 0.3) is 0 Å². The molecule has 0 aromatic rings. The number of hydrogen-bond acceptors (Lipinski definition) is 2. The minimum atomic E-state index is -0.778. The van der Waals surface area contributed by atoms with Crippen molar-refractivity contribution in [3.63, 3.8) is 0 Å². The Kier molecular flexibility index (Phi) is 3.57. The Hall–Kier alpha value is -1.06. The molecule has 2 N–H and O–H groups in total. The van der Waals surface area contributed by atoms with Crippen molar-refractivity contribution in [2.24, 2.45) is 5.73 Å². The van der Waals surface area contributed by atoms with Gasteiger partial charge in [-0.05, 0) is 4.74 Å². The number of rotatable bonds is 2. The van der Waals surface area contributed by atoms with Crippen LogP contribution < -0.4 is 5.73 Å². The molecule has 1 amide bonds. The van der Waals surface area contributed by atoms with Crippen LogP contribution >= 0.6 is 0 Å². The first-order valence-electron chi connectivity index (χ1n) is 3.52. The number of amides is 1. The van der Waals surface area contributed by atoms with E-state index in [-0.39, 0.29) is 6.04 Å². The van der Waals surface area contributed by atoms with E-state index in [1.165, 1.54) is 4.74 Å². The van der Waals surface area contributed by atoms with Gasteiger partial charge in [-0.3, -0.25) is 0 Å². The van der Waals surface area contributed by atoms with E-state index in [0.29, 0.717) is 0 Å². The van der Waals surface area contributed by atoms with E-state index in [2.05, 4.69) is 0 Å². The van der Waals surface area contributed by atoms with Crippen molar-refractivity contribution in [3.05, 3.63) is 0 Å². The van der Waals surface area contributed by atoms with Gasteiger partial charge in [0, 0.05) is 27.7 Å². The number of hydroxylamine groups is 1. The highest BCUT2D eigenvalue weighted by Gasteiger charge is 2.16. The molecule has 0 heterocycles. The summed E-state index contributed by atoms with van der Waals surface area (Å²) in [6.45, 7) is 7.53. The highest BCUT2D eigenvalue weighted by molar-refractivity contribution is 5.74. The molecule has 0 aliphatic carbocycles. The summed E-state index contributed by atoms with van der Waals surface area (Å²) in [5, 5.41) is 0. The van der Waals surface area contributed by atoms with Crippen molar-refractivity contribution in [1.82, 2.24) is 0 Å². The number of nitrogens with zero attached hydrogens (tertiary/aromatic N) is 1. The maximum Gasteiger partial charge on any atom is 0.472 e. The fourth-order valence-electron chi connectivity index (χ4n) is 0.810. The minimum absolute atomic E-state index is 0.118. The van der Waals surface area contributed by atoms with Crippen LogP contribution in [0.3, 0.4) is 0 Å². The zero-order valence-corrected chi connectivity index (χ0v) is 7.42. The number of nitrogens with two attached hydrogens (primary N) is 1. The summed E-state index contributed by atoms with van der Waals surface area (Å²) < 4.78 is 1.47. The molecule has 0 radical (unpaired) electrons. The Labute approximate surface area is 66.6 Å². The lowest BCUT2D eigenvalue weighted by Crippen LogP contribution is -2.30. The van der Waals surface area contributed by atoms with Crippen molar-refractivity contribution in [1.29, 1.82) is 0 Å². The topological polar surface area (TPSA) is 55.3 Å². The lowest BCUT2D eigenvalue weighted by atomic mass is 10.4. The summed E-state index contributed by atoms with van der Waals surface area (Å²) in [7, 11) is 0. The van der Waals surface area contributed by atoms with Gasteiger partial charge in [-0.2, -0.15) is 4.84 Å². The molecule has 0 spiro atoms. The Morgan fingerprint density at radius 1 is 1.45 bits per heavy atom. The van der Waals surface area contributed by atoms with E-state index in [4.69, 9.17) is 10.6 Å². The molecule has 11 heavy (non-hydrogen) atoms. The van der Waals surface area contributed by atoms with Gasteiger partial charge in [0.15, 0.2) is 11.8 Å². The first kappa shape index (κ1) is 9.94. The minimum Gasteiger partial charge on any atom is -0.330 e. The molecule has 4 heteroatoms. The third kappa shape index (κ3) is 3.60. The van der Waals surface area contributed by atoms with Crippen LogP contribution in [0.25, 0.3) is 0 Å². The van der Waals surface area contributed by atoms with Crippen LogP contribution in [0.5, 0.6) is 0 Å². The van der Waals surface area contributed by atoms with Gasteiger partial charge in [0.05, 0.1) is 0 Å². The maximum atomic E-state index is 10.4. The Morgan fingerprint density at radius 2 is 1.91 bits per heavy atom. The fraction of sp³-hybridized carbons (Fsp3) is 0.714. The standard InChI is InChI=1S/C7H14N2O2/c1-5(2)9(6(3)4)11-7(8)10/h5H,1-4H3,(H-,8,10)/p+1. The molecule has 0 fully saturated rings. The SMILES string of the molecule is CC(C)=[N+](OC(N)=O)C(C)C. The lowest BCUT2D eigenvalue weighted by molar-refractivity contribution is -0.780. The van der Waals surface area contributed by atoms with Crippen LogP contribution in [0.4, 0.5) is 4.79 Å². The van der Waals surface area contributed by atoms with Gasteiger partial charge < -0.3 is 5.73 Å². The van der Waals surface area contributed by atoms with Crippen LogP contribution in [0.2, 0.25) is 0 Å². The van der Waals surface area contributed by atoms with Crippen LogP contribution in [0, 0.1) is 0 Å². The maximum absolute atomic E-state index is 10.4. The van der Waals surface area contributed by atoms with E-state index in [1.807, 2.05) is 27.7 Å². The summed E-state index contributed by atoms with van der Waals surface area (Å²) in [5.41, 5.74) is 5.75. The second kappa shape index (κ2) is 3.95. The normalized spacial score (nSPS) is 9.55. The fourth-order valence-corrected chi connectivity index (χ4v) is 0.810.